The molecule has 19 heavy (non-hydrogen) atoms. The third-order valence-electron chi connectivity index (χ3n) is 2.28. The molecule has 2 aromatic rings. The van der Waals surface area contributed by atoms with Crippen molar-refractivity contribution in [3.63, 3.8) is 0 Å². The molecule has 0 radical (unpaired) electrons. The van der Waals surface area contributed by atoms with Crippen molar-refractivity contribution in [3.05, 3.63) is 52.0 Å². The van der Waals surface area contributed by atoms with Crippen LogP contribution in [-0.4, -0.2) is 6.36 Å². The molecule has 0 unspecified atom stereocenters. The third-order valence-corrected chi connectivity index (χ3v) is 2.96. The molecule has 0 aliphatic rings. The van der Waals surface area contributed by atoms with E-state index in [-0.39, 0.29) is 5.75 Å². The first kappa shape index (κ1) is 14.2. The maximum absolute atomic E-state index is 12.0. The maximum Gasteiger partial charge on any atom is 0.573 e. The molecular weight excluding hydrogens is 344 g/mol. The van der Waals surface area contributed by atoms with E-state index in [1.165, 1.54) is 12.1 Å². The van der Waals surface area contributed by atoms with Crippen molar-refractivity contribution < 1.29 is 17.9 Å². The van der Waals surface area contributed by atoms with Crippen molar-refractivity contribution in [1.29, 1.82) is 0 Å². The second kappa shape index (κ2) is 5.43. The summed E-state index contributed by atoms with van der Waals surface area (Å²) in [6, 6.07) is 10.9. The van der Waals surface area contributed by atoms with Crippen LogP contribution >= 0.6 is 27.5 Å². The Kier molecular flexibility index (Phi) is 4.06. The van der Waals surface area contributed by atoms with E-state index in [0.717, 1.165) is 15.6 Å². The molecule has 2 aromatic carbocycles. The average Bonchev–Trinajstić information content (AvgIpc) is 2.26. The summed E-state index contributed by atoms with van der Waals surface area (Å²) in [4.78, 5) is 0. The summed E-state index contributed by atoms with van der Waals surface area (Å²) in [7, 11) is 0. The molecule has 0 aliphatic heterocycles. The molecule has 0 N–H and O–H groups in total. The van der Waals surface area contributed by atoms with E-state index in [4.69, 9.17) is 11.6 Å². The summed E-state index contributed by atoms with van der Waals surface area (Å²) >= 11 is 9.22. The molecule has 0 spiro atoms. The van der Waals surface area contributed by atoms with Crippen LogP contribution in [0.3, 0.4) is 0 Å². The van der Waals surface area contributed by atoms with Crippen molar-refractivity contribution >= 4 is 27.5 Å². The third kappa shape index (κ3) is 4.14. The van der Waals surface area contributed by atoms with Crippen LogP contribution < -0.4 is 4.74 Å². The number of benzene rings is 2. The van der Waals surface area contributed by atoms with Crippen molar-refractivity contribution in [2.24, 2.45) is 0 Å². The Bertz CT molecular complexity index is 561. The predicted molar refractivity (Wildman–Crippen MR) is 71.3 cm³/mol. The number of hydrogen-bond donors (Lipinski definition) is 0. The van der Waals surface area contributed by atoms with Crippen LogP contribution in [-0.2, 0) is 0 Å². The van der Waals surface area contributed by atoms with Crippen molar-refractivity contribution in [1.82, 2.24) is 0 Å². The van der Waals surface area contributed by atoms with E-state index in [9.17, 15) is 13.2 Å². The Morgan fingerprint density at radius 2 is 1.58 bits per heavy atom. The minimum atomic E-state index is -4.68. The number of halogens is 5. The lowest BCUT2D eigenvalue weighted by Crippen LogP contribution is -2.16. The first-order valence-electron chi connectivity index (χ1n) is 5.16. The Morgan fingerprint density at radius 3 is 2.11 bits per heavy atom. The van der Waals surface area contributed by atoms with Crippen LogP contribution in [0.2, 0.25) is 5.02 Å². The Labute approximate surface area is 121 Å². The van der Waals surface area contributed by atoms with Crippen LogP contribution in [0.4, 0.5) is 13.2 Å². The van der Waals surface area contributed by atoms with E-state index < -0.39 is 6.36 Å². The molecule has 6 heteroatoms. The van der Waals surface area contributed by atoms with E-state index in [0.29, 0.717) is 5.02 Å². The molecule has 0 saturated heterocycles. The fourth-order valence-electron chi connectivity index (χ4n) is 1.57. The fraction of sp³-hybridized carbons (Fsp3) is 0.0769. The molecular formula is C13H7BrClF3O. The van der Waals surface area contributed by atoms with Crippen LogP contribution in [0.5, 0.6) is 5.75 Å². The highest BCUT2D eigenvalue weighted by atomic mass is 79.9. The van der Waals surface area contributed by atoms with Gasteiger partial charge in [0.15, 0.2) is 0 Å². The summed E-state index contributed by atoms with van der Waals surface area (Å²) in [5.74, 6) is -0.252. The Balaban J connectivity index is 2.27. The van der Waals surface area contributed by atoms with Gasteiger partial charge in [0.25, 0.3) is 0 Å². The van der Waals surface area contributed by atoms with Crippen molar-refractivity contribution in [2.45, 2.75) is 6.36 Å². The molecule has 0 bridgehead atoms. The zero-order valence-electron chi connectivity index (χ0n) is 9.34. The predicted octanol–water partition coefficient (Wildman–Crippen LogP) is 5.67. The maximum atomic E-state index is 12.0. The van der Waals surface area contributed by atoms with E-state index in [2.05, 4.69) is 20.7 Å². The first-order valence-corrected chi connectivity index (χ1v) is 6.33. The highest BCUT2D eigenvalue weighted by Crippen LogP contribution is 2.30. The molecule has 0 aromatic heterocycles. The van der Waals surface area contributed by atoms with Gasteiger partial charge in [-0.25, -0.2) is 0 Å². The van der Waals surface area contributed by atoms with Gasteiger partial charge in [-0.15, -0.1) is 13.2 Å². The fourth-order valence-corrected chi connectivity index (χ4v) is 2.43. The summed E-state index contributed by atoms with van der Waals surface area (Å²) in [5, 5.41) is 0.542. The van der Waals surface area contributed by atoms with E-state index in [1.807, 2.05) is 6.07 Å². The number of alkyl halides is 3. The molecule has 2 rings (SSSR count). The van der Waals surface area contributed by atoms with Gasteiger partial charge in [0.2, 0.25) is 0 Å². The minimum Gasteiger partial charge on any atom is -0.406 e. The minimum absolute atomic E-state index is 0.252. The average molecular weight is 352 g/mol. The zero-order valence-corrected chi connectivity index (χ0v) is 11.7. The lowest BCUT2D eigenvalue weighted by Gasteiger charge is -2.09. The van der Waals surface area contributed by atoms with Crippen LogP contribution in [0, 0.1) is 0 Å². The second-order valence-electron chi connectivity index (χ2n) is 3.73. The van der Waals surface area contributed by atoms with Crippen LogP contribution in [0.15, 0.2) is 46.9 Å². The topological polar surface area (TPSA) is 9.23 Å². The SMILES string of the molecule is FC(F)(F)Oc1ccc(-c2cc(Cl)cc(Br)c2)cc1. The molecule has 0 fully saturated rings. The molecule has 0 saturated carbocycles. The normalized spacial score (nSPS) is 11.4. The van der Waals surface area contributed by atoms with Gasteiger partial charge in [-0.3, -0.25) is 0 Å². The summed E-state index contributed by atoms with van der Waals surface area (Å²) in [6.45, 7) is 0. The second-order valence-corrected chi connectivity index (χ2v) is 5.08. The molecule has 0 amide bonds. The van der Waals surface area contributed by atoms with Gasteiger partial charge in [-0.1, -0.05) is 39.7 Å². The number of hydrogen-bond acceptors (Lipinski definition) is 1. The summed E-state index contributed by atoms with van der Waals surface area (Å²) in [6.07, 6.45) is -4.68. The van der Waals surface area contributed by atoms with Crippen LogP contribution in [0.25, 0.3) is 11.1 Å². The van der Waals surface area contributed by atoms with Crippen molar-refractivity contribution in [3.8, 4) is 16.9 Å². The number of rotatable bonds is 2. The first-order chi connectivity index (χ1) is 8.83. The lowest BCUT2D eigenvalue weighted by molar-refractivity contribution is -0.274. The van der Waals surface area contributed by atoms with Gasteiger partial charge in [-0.2, -0.15) is 0 Å². The molecule has 100 valence electrons. The Hall–Kier alpha value is -1.20. The van der Waals surface area contributed by atoms with Gasteiger partial charge in [0.1, 0.15) is 5.75 Å². The van der Waals surface area contributed by atoms with Gasteiger partial charge in [-0.05, 0) is 41.5 Å². The van der Waals surface area contributed by atoms with Gasteiger partial charge in [0.05, 0.1) is 0 Å². The standard InChI is InChI=1S/C13H7BrClF3O/c14-10-5-9(6-11(15)7-10)8-1-3-12(4-2-8)19-13(16,17)18/h1-7H. The number of ether oxygens (including phenoxy) is 1. The highest BCUT2D eigenvalue weighted by Gasteiger charge is 2.30. The highest BCUT2D eigenvalue weighted by molar-refractivity contribution is 9.10. The Morgan fingerprint density at radius 1 is 0.947 bits per heavy atom. The molecule has 0 atom stereocenters. The smallest absolute Gasteiger partial charge is 0.406 e. The molecule has 0 aliphatic carbocycles. The summed E-state index contributed by atoms with van der Waals surface area (Å²) < 4.78 is 40.7. The quantitative estimate of drug-likeness (QED) is 0.677. The monoisotopic (exact) mass is 350 g/mol. The zero-order chi connectivity index (χ0) is 14.0. The van der Waals surface area contributed by atoms with Gasteiger partial charge >= 0.3 is 6.36 Å². The summed E-state index contributed by atoms with van der Waals surface area (Å²) in [5.41, 5.74) is 1.55. The molecule has 0 heterocycles. The van der Waals surface area contributed by atoms with E-state index >= 15 is 0 Å². The van der Waals surface area contributed by atoms with Gasteiger partial charge in [0, 0.05) is 9.50 Å². The van der Waals surface area contributed by atoms with Gasteiger partial charge < -0.3 is 4.74 Å². The largest absolute Gasteiger partial charge is 0.573 e. The van der Waals surface area contributed by atoms with Crippen molar-refractivity contribution in [2.75, 3.05) is 0 Å². The lowest BCUT2D eigenvalue weighted by atomic mass is 10.1. The van der Waals surface area contributed by atoms with E-state index in [1.54, 1.807) is 24.3 Å². The van der Waals surface area contributed by atoms with Crippen LogP contribution in [0.1, 0.15) is 0 Å². The molecule has 1 nitrogen and oxygen atoms in total.